The summed E-state index contributed by atoms with van der Waals surface area (Å²) in [7, 11) is 4.82. The number of aliphatic hydroxyl groups is 1. The van der Waals surface area contributed by atoms with Gasteiger partial charge in [-0.3, -0.25) is 9.69 Å². The molecule has 0 bridgehead atoms. The summed E-state index contributed by atoms with van der Waals surface area (Å²) in [5.74, 6) is -0.535. The van der Waals surface area contributed by atoms with Crippen LogP contribution in [-0.2, 0) is 24.5 Å². The standard InChI is InChI=1S/C25H34N2O6/c1-6-23-10-7-12-27-13-11-24(19(23)27)17-9-8-16(31-4)14-18(17)26(3)20(24)25(30,22(29)32-5)21(23)33-15(2)28/h8-9,14,19-21,30H,6-7,10-13H2,1-5H3. The SMILES string of the molecule is CCC12CCCN3CCC4(c5ccc(OC)cc5N(C)C4C(O)(C(=O)OC)C1OC(C)=O)C32. The van der Waals surface area contributed by atoms with Crippen molar-refractivity contribution in [1.82, 2.24) is 4.90 Å². The topological polar surface area (TPSA) is 88.5 Å². The third-order valence-corrected chi connectivity index (χ3v) is 9.05. The molecule has 1 aromatic rings. The first-order valence-corrected chi connectivity index (χ1v) is 11.9. The molecule has 1 aliphatic carbocycles. The summed E-state index contributed by atoms with van der Waals surface area (Å²) in [5.41, 5.74) is -1.06. The second kappa shape index (κ2) is 7.34. The zero-order valence-corrected chi connectivity index (χ0v) is 20.1. The number of nitrogens with zero attached hydrogens (tertiary/aromatic N) is 2. The second-order valence-electron chi connectivity index (χ2n) is 10.1. The second-order valence-corrected chi connectivity index (χ2v) is 10.1. The number of likely N-dealkylation sites (N-methyl/N-ethyl adjacent to an activating group) is 1. The Morgan fingerprint density at radius 1 is 1.18 bits per heavy atom. The molecule has 8 heteroatoms. The largest absolute Gasteiger partial charge is 0.497 e. The Hall–Kier alpha value is -2.32. The first kappa shape index (κ1) is 22.5. The van der Waals surface area contributed by atoms with Crippen LogP contribution in [-0.4, -0.2) is 80.1 Å². The summed E-state index contributed by atoms with van der Waals surface area (Å²) in [4.78, 5) is 30.4. The number of hydrogen-bond acceptors (Lipinski definition) is 8. The summed E-state index contributed by atoms with van der Waals surface area (Å²) >= 11 is 0. The molecule has 6 atom stereocenters. The van der Waals surface area contributed by atoms with Crippen molar-refractivity contribution in [3.8, 4) is 5.75 Å². The lowest BCUT2D eigenvalue weighted by Crippen LogP contribution is -2.82. The Kier molecular flexibility index (Phi) is 5.00. The fraction of sp³-hybridized carbons (Fsp3) is 0.680. The monoisotopic (exact) mass is 458 g/mol. The third-order valence-electron chi connectivity index (χ3n) is 9.05. The predicted octanol–water partition coefficient (Wildman–Crippen LogP) is 1.87. The van der Waals surface area contributed by atoms with Crippen molar-refractivity contribution >= 4 is 17.6 Å². The van der Waals surface area contributed by atoms with E-state index in [4.69, 9.17) is 14.2 Å². The number of fused-ring (bicyclic) bond motifs is 1. The fourth-order valence-corrected chi connectivity index (χ4v) is 8.16. The van der Waals surface area contributed by atoms with Gasteiger partial charge >= 0.3 is 11.9 Å². The molecule has 3 heterocycles. The average Bonchev–Trinajstić information content (AvgIpc) is 3.32. The molecule has 8 nitrogen and oxygen atoms in total. The Bertz CT molecular complexity index is 999. The highest BCUT2D eigenvalue weighted by Crippen LogP contribution is 2.68. The molecule has 1 N–H and O–H groups in total. The molecule has 180 valence electrons. The Labute approximate surface area is 194 Å². The number of carbonyl (C=O) groups is 2. The molecule has 33 heavy (non-hydrogen) atoms. The maximum absolute atomic E-state index is 13.5. The fourth-order valence-electron chi connectivity index (χ4n) is 8.16. The lowest BCUT2D eigenvalue weighted by Gasteiger charge is -2.65. The van der Waals surface area contributed by atoms with E-state index in [9.17, 15) is 14.7 Å². The number of piperidine rings is 1. The van der Waals surface area contributed by atoms with Gasteiger partial charge in [-0.2, -0.15) is 0 Å². The number of hydrogen-bond donors (Lipinski definition) is 1. The van der Waals surface area contributed by atoms with Gasteiger partial charge in [0.1, 0.15) is 5.75 Å². The maximum Gasteiger partial charge on any atom is 0.344 e. The molecule has 1 spiro atoms. The van der Waals surface area contributed by atoms with Crippen molar-refractivity contribution in [2.75, 3.05) is 39.3 Å². The molecule has 1 saturated carbocycles. The minimum atomic E-state index is -2.03. The number of esters is 2. The van der Waals surface area contributed by atoms with Gasteiger partial charge in [0.15, 0.2) is 6.10 Å². The number of carbonyl (C=O) groups excluding carboxylic acids is 2. The summed E-state index contributed by atoms with van der Waals surface area (Å²) in [6.45, 7) is 5.25. The van der Waals surface area contributed by atoms with Crippen LogP contribution in [0.5, 0.6) is 5.75 Å². The minimum Gasteiger partial charge on any atom is -0.497 e. The minimum absolute atomic E-state index is 0.0279. The summed E-state index contributed by atoms with van der Waals surface area (Å²) in [5, 5.41) is 12.5. The Balaban J connectivity index is 1.84. The van der Waals surface area contributed by atoms with Crippen molar-refractivity contribution in [2.24, 2.45) is 5.41 Å². The molecule has 4 aliphatic rings. The van der Waals surface area contributed by atoms with Crippen LogP contribution in [0, 0.1) is 5.41 Å². The molecule has 2 saturated heterocycles. The third kappa shape index (κ3) is 2.54. The van der Waals surface area contributed by atoms with Crippen LogP contribution in [0.2, 0.25) is 0 Å². The number of rotatable bonds is 4. The van der Waals surface area contributed by atoms with Crippen LogP contribution in [0.15, 0.2) is 18.2 Å². The summed E-state index contributed by atoms with van der Waals surface area (Å²) in [6, 6.07) is 5.41. The average molecular weight is 459 g/mol. The summed E-state index contributed by atoms with van der Waals surface area (Å²) in [6.07, 6.45) is 2.16. The lowest BCUT2D eigenvalue weighted by molar-refractivity contribution is -0.242. The van der Waals surface area contributed by atoms with Gasteiger partial charge < -0.3 is 24.2 Å². The molecule has 0 radical (unpaired) electrons. The highest BCUT2D eigenvalue weighted by molar-refractivity contribution is 5.86. The Morgan fingerprint density at radius 3 is 2.58 bits per heavy atom. The van der Waals surface area contributed by atoms with Gasteiger partial charge in [0.2, 0.25) is 5.60 Å². The van der Waals surface area contributed by atoms with Gasteiger partial charge in [-0.25, -0.2) is 4.79 Å². The molecule has 6 unspecified atom stereocenters. The molecule has 3 aliphatic heterocycles. The van der Waals surface area contributed by atoms with Crippen LogP contribution < -0.4 is 9.64 Å². The zero-order chi connectivity index (χ0) is 23.8. The smallest absolute Gasteiger partial charge is 0.344 e. The van der Waals surface area contributed by atoms with Crippen LogP contribution in [0.4, 0.5) is 5.69 Å². The highest BCUT2D eigenvalue weighted by atomic mass is 16.6. The van der Waals surface area contributed by atoms with Crippen LogP contribution in [0.1, 0.15) is 45.1 Å². The highest BCUT2D eigenvalue weighted by Gasteiger charge is 2.80. The van der Waals surface area contributed by atoms with Gasteiger partial charge in [-0.05, 0) is 50.4 Å². The van der Waals surface area contributed by atoms with E-state index in [1.807, 2.05) is 24.1 Å². The quantitative estimate of drug-likeness (QED) is 0.684. The van der Waals surface area contributed by atoms with E-state index in [0.717, 1.165) is 43.6 Å². The van der Waals surface area contributed by atoms with Gasteiger partial charge in [-0.15, -0.1) is 0 Å². The lowest BCUT2D eigenvalue weighted by atomic mass is 9.46. The molecule has 5 rings (SSSR count). The van der Waals surface area contributed by atoms with Crippen LogP contribution in [0.25, 0.3) is 0 Å². The van der Waals surface area contributed by atoms with E-state index >= 15 is 0 Å². The first-order chi connectivity index (χ1) is 15.7. The molecular formula is C25H34N2O6. The maximum atomic E-state index is 13.5. The predicted molar refractivity (Wildman–Crippen MR) is 121 cm³/mol. The van der Waals surface area contributed by atoms with E-state index in [2.05, 4.69) is 17.9 Å². The number of anilines is 1. The summed E-state index contributed by atoms with van der Waals surface area (Å²) < 4.78 is 16.7. The number of benzene rings is 1. The van der Waals surface area contributed by atoms with Crippen molar-refractivity contribution in [3.63, 3.8) is 0 Å². The van der Waals surface area contributed by atoms with Gasteiger partial charge in [0.25, 0.3) is 0 Å². The molecule has 0 amide bonds. The van der Waals surface area contributed by atoms with Crippen LogP contribution in [0.3, 0.4) is 0 Å². The zero-order valence-electron chi connectivity index (χ0n) is 20.1. The molecular weight excluding hydrogens is 424 g/mol. The molecule has 0 aromatic heterocycles. The van der Waals surface area contributed by atoms with E-state index in [-0.39, 0.29) is 6.04 Å². The van der Waals surface area contributed by atoms with E-state index in [1.165, 1.54) is 14.0 Å². The van der Waals surface area contributed by atoms with Gasteiger partial charge in [0.05, 0.1) is 20.3 Å². The molecule has 3 fully saturated rings. The van der Waals surface area contributed by atoms with E-state index < -0.39 is 40.5 Å². The van der Waals surface area contributed by atoms with Crippen molar-refractivity contribution in [1.29, 1.82) is 0 Å². The number of ether oxygens (including phenoxy) is 3. The Morgan fingerprint density at radius 2 is 1.94 bits per heavy atom. The van der Waals surface area contributed by atoms with Crippen molar-refractivity contribution in [3.05, 3.63) is 23.8 Å². The number of methoxy groups -OCH3 is 2. The van der Waals surface area contributed by atoms with Gasteiger partial charge in [0, 0.05) is 42.6 Å². The van der Waals surface area contributed by atoms with E-state index in [1.54, 1.807) is 7.11 Å². The van der Waals surface area contributed by atoms with E-state index in [0.29, 0.717) is 12.2 Å². The van der Waals surface area contributed by atoms with Crippen LogP contribution >= 0.6 is 0 Å². The first-order valence-electron chi connectivity index (χ1n) is 11.9. The van der Waals surface area contributed by atoms with Crippen molar-refractivity contribution < 1.29 is 28.9 Å². The normalized spacial score (nSPS) is 38.8. The molecule has 1 aromatic carbocycles. The van der Waals surface area contributed by atoms with Gasteiger partial charge in [-0.1, -0.05) is 13.0 Å². The van der Waals surface area contributed by atoms with Crippen molar-refractivity contribution in [2.45, 2.75) is 68.7 Å².